The lowest BCUT2D eigenvalue weighted by molar-refractivity contribution is -0.141. The minimum absolute atomic E-state index is 0.264. The Morgan fingerprint density at radius 1 is 1.04 bits per heavy atom. The van der Waals surface area contributed by atoms with Gasteiger partial charge in [-0.1, -0.05) is 18.2 Å². The lowest BCUT2D eigenvalue weighted by Gasteiger charge is -2.46. The molecule has 2 aliphatic heterocycles. The first-order valence-electron chi connectivity index (χ1n) is 9.13. The Bertz CT molecular complexity index is 687. The average Bonchev–Trinajstić information content (AvgIpc) is 3.09. The highest BCUT2D eigenvalue weighted by Crippen LogP contribution is 2.31. The number of furan rings is 1. The summed E-state index contributed by atoms with van der Waals surface area (Å²) in [5, 5.41) is 3.58. The zero-order valence-corrected chi connectivity index (χ0v) is 14.5. The number of rotatable bonds is 5. The van der Waals surface area contributed by atoms with Crippen molar-refractivity contribution in [2.45, 2.75) is 31.3 Å². The number of nitrogens with zero attached hydrogens (tertiary/aromatic N) is 2. The van der Waals surface area contributed by atoms with E-state index in [0.717, 1.165) is 63.4 Å². The summed E-state index contributed by atoms with van der Waals surface area (Å²) < 4.78 is 5.46. The highest BCUT2D eigenvalue weighted by atomic mass is 16.3. The van der Waals surface area contributed by atoms with Gasteiger partial charge in [-0.15, -0.1) is 0 Å². The van der Waals surface area contributed by atoms with Crippen LogP contribution in [-0.4, -0.2) is 47.4 Å². The first kappa shape index (κ1) is 16.2. The van der Waals surface area contributed by atoms with Crippen molar-refractivity contribution in [2.75, 3.05) is 31.5 Å². The molecule has 132 valence electrons. The summed E-state index contributed by atoms with van der Waals surface area (Å²) in [4.78, 5) is 17.5. The van der Waals surface area contributed by atoms with Crippen LogP contribution in [0.5, 0.6) is 0 Å². The number of para-hydroxylation sites is 1. The number of amides is 1. The third-order valence-corrected chi connectivity index (χ3v) is 5.38. The molecule has 4 rings (SSSR count). The lowest BCUT2D eigenvalue weighted by Crippen LogP contribution is -2.61. The van der Waals surface area contributed by atoms with E-state index in [1.54, 1.807) is 6.26 Å². The molecule has 0 spiro atoms. The van der Waals surface area contributed by atoms with E-state index in [-0.39, 0.29) is 5.91 Å². The number of hydrogen-bond donors (Lipinski definition) is 1. The van der Waals surface area contributed by atoms with Gasteiger partial charge >= 0.3 is 0 Å². The fourth-order valence-corrected chi connectivity index (χ4v) is 3.73. The van der Waals surface area contributed by atoms with Crippen LogP contribution in [0.25, 0.3) is 0 Å². The van der Waals surface area contributed by atoms with Crippen LogP contribution in [0.4, 0.5) is 5.69 Å². The molecule has 2 aliphatic rings. The minimum Gasteiger partial charge on any atom is -0.468 e. The second-order valence-electron chi connectivity index (χ2n) is 7.07. The summed E-state index contributed by atoms with van der Waals surface area (Å²) in [7, 11) is 0. The van der Waals surface area contributed by atoms with Crippen LogP contribution in [0, 0.1) is 0 Å². The zero-order valence-electron chi connectivity index (χ0n) is 14.5. The molecule has 1 amide bonds. The van der Waals surface area contributed by atoms with Crippen molar-refractivity contribution in [3.05, 3.63) is 54.5 Å². The normalized spacial score (nSPS) is 20.1. The summed E-state index contributed by atoms with van der Waals surface area (Å²) in [5.41, 5.74) is 0.539. The van der Waals surface area contributed by atoms with Crippen LogP contribution in [-0.2, 0) is 11.3 Å². The van der Waals surface area contributed by atoms with Crippen molar-refractivity contribution >= 4 is 11.6 Å². The second-order valence-corrected chi connectivity index (χ2v) is 7.07. The van der Waals surface area contributed by atoms with E-state index in [2.05, 4.69) is 10.2 Å². The Labute approximate surface area is 148 Å². The van der Waals surface area contributed by atoms with E-state index in [1.165, 1.54) is 0 Å². The van der Waals surface area contributed by atoms with E-state index in [0.29, 0.717) is 0 Å². The van der Waals surface area contributed by atoms with E-state index in [4.69, 9.17) is 4.42 Å². The summed E-state index contributed by atoms with van der Waals surface area (Å²) in [5.74, 6) is 1.25. The number of hydrogen-bond acceptors (Lipinski definition) is 4. The molecule has 2 saturated heterocycles. The van der Waals surface area contributed by atoms with Gasteiger partial charge in [-0.2, -0.15) is 0 Å². The van der Waals surface area contributed by atoms with Crippen LogP contribution < -0.4 is 5.32 Å². The largest absolute Gasteiger partial charge is 0.468 e. The van der Waals surface area contributed by atoms with Crippen molar-refractivity contribution in [2.24, 2.45) is 0 Å². The van der Waals surface area contributed by atoms with Crippen LogP contribution in [0.15, 0.2) is 53.1 Å². The van der Waals surface area contributed by atoms with Crippen LogP contribution in [0.3, 0.4) is 0 Å². The Balaban J connectivity index is 1.48. The molecule has 0 radical (unpaired) electrons. The maximum atomic E-state index is 13.2. The van der Waals surface area contributed by atoms with E-state index in [1.807, 2.05) is 47.4 Å². The summed E-state index contributed by atoms with van der Waals surface area (Å²) in [6.07, 6.45) is 4.47. The molecule has 0 unspecified atom stereocenters. The Morgan fingerprint density at radius 3 is 2.40 bits per heavy atom. The number of anilines is 1. The van der Waals surface area contributed by atoms with Gasteiger partial charge in [-0.05, 0) is 43.5 Å². The van der Waals surface area contributed by atoms with Crippen molar-refractivity contribution in [1.82, 2.24) is 9.80 Å². The SMILES string of the molecule is O=C(N1CCC1)C1(Nc2ccccc2)CCN(Cc2ccco2)CC1. The quantitative estimate of drug-likeness (QED) is 0.910. The standard InChI is InChI=1S/C20H25N3O2/c24-19(23-11-5-12-23)20(21-17-6-2-1-3-7-17)9-13-22(14-10-20)16-18-8-4-15-25-18/h1-4,6-8,15,21H,5,9-14,16H2. The average molecular weight is 339 g/mol. The number of carbonyl (C=O) groups is 1. The molecule has 3 heterocycles. The fraction of sp³-hybridized carbons (Fsp3) is 0.450. The molecule has 2 fully saturated rings. The van der Waals surface area contributed by atoms with Crippen molar-refractivity contribution in [3.8, 4) is 0 Å². The van der Waals surface area contributed by atoms with Gasteiger partial charge in [0.05, 0.1) is 12.8 Å². The first-order chi connectivity index (χ1) is 12.3. The van der Waals surface area contributed by atoms with Gasteiger partial charge < -0.3 is 14.6 Å². The summed E-state index contributed by atoms with van der Waals surface area (Å²) in [6.45, 7) is 4.38. The number of likely N-dealkylation sites (tertiary alicyclic amines) is 2. The topological polar surface area (TPSA) is 48.7 Å². The highest BCUT2D eigenvalue weighted by molar-refractivity contribution is 5.90. The molecule has 1 N–H and O–H groups in total. The van der Waals surface area contributed by atoms with Gasteiger partial charge in [0.15, 0.2) is 0 Å². The number of piperidine rings is 1. The third-order valence-electron chi connectivity index (χ3n) is 5.38. The Morgan fingerprint density at radius 2 is 1.80 bits per heavy atom. The summed E-state index contributed by atoms with van der Waals surface area (Å²) >= 11 is 0. The van der Waals surface area contributed by atoms with Crippen LogP contribution in [0.2, 0.25) is 0 Å². The van der Waals surface area contributed by atoms with Gasteiger partial charge in [-0.25, -0.2) is 0 Å². The van der Waals surface area contributed by atoms with Gasteiger partial charge in [0.25, 0.3) is 0 Å². The van der Waals surface area contributed by atoms with Crippen molar-refractivity contribution in [1.29, 1.82) is 0 Å². The molecule has 25 heavy (non-hydrogen) atoms. The van der Waals surface area contributed by atoms with Gasteiger partial charge in [0.1, 0.15) is 11.3 Å². The third kappa shape index (κ3) is 3.42. The molecule has 2 aromatic rings. The maximum absolute atomic E-state index is 13.2. The van der Waals surface area contributed by atoms with Crippen molar-refractivity contribution in [3.63, 3.8) is 0 Å². The molecule has 1 aromatic heterocycles. The van der Waals surface area contributed by atoms with Crippen molar-refractivity contribution < 1.29 is 9.21 Å². The monoisotopic (exact) mass is 339 g/mol. The Hall–Kier alpha value is -2.27. The molecule has 5 heteroatoms. The molecule has 0 saturated carbocycles. The molecule has 0 bridgehead atoms. The number of nitrogens with one attached hydrogen (secondary N) is 1. The number of benzene rings is 1. The predicted molar refractivity (Wildman–Crippen MR) is 97.2 cm³/mol. The minimum atomic E-state index is -0.485. The molecular formula is C20H25N3O2. The van der Waals surface area contributed by atoms with E-state index < -0.39 is 5.54 Å². The molecule has 0 aliphatic carbocycles. The fourth-order valence-electron chi connectivity index (χ4n) is 3.73. The highest BCUT2D eigenvalue weighted by Gasteiger charge is 2.44. The first-order valence-corrected chi connectivity index (χ1v) is 9.13. The van der Waals surface area contributed by atoms with Crippen LogP contribution >= 0.6 is 0 Å². The lowest BCUT2D eigenvalue weighted by atomic mass is 9.84. The van der Waals surface area contributed by atoms with E-state index >= 15 is 0 Å². The smallest absolute Gasteiger partial charge is 0.248 e. The molecule has 0 atom stereocenters. The maximum Gasteiger partial charge on any atom is 0.248 e. The van der Waals surface area contributed by atoms with Gasteiger partial charge in [-0.3, -0.25) is 9.69 Å². The zero-order chi connectivity index (χ0) is 17.1. The predicted octanol–water partition coefficient (Wildman–Crippen LogP) is 2.96. The van der Waals surface area contributed by atoms with E-state index in [9.17, 15) is 4.79 Å². The second kappa shape index (κ2) is 6.92. The van der Waals surface area contributed by atoms with Gasteiger partial charge in [0.2, 0.25) is 5.91 Å². The van der Waals surface area contributed by atoms with Crippen LogP contribution in [0.1, 0.15) is 25.0 Å². The number of carbonyl (C=O) groups excluding carboxylic acids is 1. The summed E-state index contributed by atoms with van der Waals surface area (Å²) in [6, 6.07) is 14.0. The molecule has 1 aromatic carbocycles. The molecule has 5 nitrogen and oxygen atoms in total. The van der Waals surface area contributed by atoms with Gasteiger partial charge in [0, 0.05) is 31.9 Å². The Kier molecular flexibility index (Phi) is 4.49. The molecular weight excluding hydrogens is 314 g/mol.